The summed E-state index contributed by atoms with van der Waals surface area (Å²) in [7, 11) is -0.603. The number of nitrogens with one attached hydrogen (secondary N) is 1. The second-order valence-electron chi connectivity index (χ2n) is 11.7. The molecule has 2 saturated heterocycles. The van der Waals surface area contributed by atoms with Gasteiger partial charge in [-0.3, -0.25) is 4.79 Å². The quantitative estimate of drug-likeness (QED) is 0.344. The monoisotopic (exact) mass is 564 g/mol. The van der Waals surface area contributed by atoms with Crippen LogP contribution in [-0.4, -0.2) is 93.9 Å². The number of methoxy groups -OCH3 is 1. The number of amides is 1. The molecule has 0 bridgehead atoms. The van der Waals surface area contributed by atoms with Crippen molar-refractivity contribution in [3.8, 4) is 5.75 Å². The minimum absolute atomic E-state index is 0.0947. The number of sulfonamides is 1. The van der Waals surface area contributed by atoms with Crippen molar-refractivity contribution in [1.82, 2.24) is 19.4 Å². The summed E-state index contributed by atoms with van der Waals surface area (Å²) in [5, 5.41) is 3.15. The average molecular weight is 565 g/mol. The SMILES string of the molecule is CC[C@H](CC[C@@H](C)N1CCC(CCN2CCC2)CC1)NC(=O)CCN(C)S(=O)(=O)c1c(C)cc(OC)cc1C. The van der Waals surface area contributed by atoms with Gasteiger partial charge in [-0.2, -0.15) is 0 Å². The van der Waals surface area contributed by atoms with Crippen molar-refractivity contribution in [2.45, 2.75) is 96.0 Å². The van der Waals surface area contributed by atoms with Crippen LogP contribution in [-0.2, 0) is 14.8 Å². The lowest BCUT2D eigenvalue weighted by Gasteiger charge is -2.38. The molecule has 0 saturated carbocycles. The Morgan fingerprint density at radius 3 is 2.31 bits per heavy atom. The molecule has 2 atom stereocenters. The van der Waals surface area contributed by atoms with Gasteiger partial charge in [-0.25, -0.2) is 12.7 Å². The third kappa shape index (κ3) is 8.90. The summed E-state index contributed by atoms with van der Waals surface area (Å²) in [6, 6.07) is 4.08. The van der Waals surface area contributed by atoms with Gasteiger partial charge in [0.2, 0.25) is 15.9 Å². The Morgan fingerprint density at radius 1 is 1.13 bits per heavy atom. The lowest BCUT2D eigenvalue weighted by atomic mass is 9.91. The van der Waals surface area contributed by atoms with Gasteiger partial charge in [0.05, 0.1) is 12.0 Å². The van der Waals surface area contributed by atoms with Crippen LogP contribution in [0.2, 0.25) is 0 Å². The predicted molar refractivity (Wildman–Crippen MR) is 158 cm³/mol. The van der Waals surface area contributed by atoms with Crippen LogP contribution in [0.5, 0.6) is 5.75 Å². The molecule has 1 aromatic carbocycles. The molecule has 2 aliphatic heterocycles. The van der Waals surface area contributed by atoms with E-state index in [2.05, 4.69) is 29.0 Å². The first-order valence-corrected chi connectivity index (χ1v) is 16.4. The maximum atomic E-state index is 13.2. The molecule has 39 heavy (non-hydrogen) atoms. The van der Waals surface area contributed by atoms with E-state index in [0.717, 1.165) is 25.2 Å². The maximum absolute atomic E-state index is 13.2. The van der Waals surface area contributed by atoms with Crippen LogP contribution in [0.25, 0.3) is 0 Å². The molecule has 2 fully saturated rings. The van der Waals surface area contributed by atoms with Crippen molar-refractivity contribution in [2.75, 3.05) is 53.4 Å². The fourth-order valence-electron chi connectivity index (χ4n) is 5.93. The Balaban J connectivity index is 1.40. The van der Waals surface area contributed by atoms with E-state index >= 15 is 0 Å². The molecular formula is C30H52N4O4S. The summed E-state index contributed by atoms with van der Waals surface area (Å²) in [5.41, 5.74) is 1.28. The van der Waals surface area contributed by atoms with Crippen molar-refractivity contribution in [1.29, 1.82) is 0 Å². The van der Waals surface area contributed by atoms with Crippen molar-refractivity contribution < 1.29 is 17.9 Å². The van der Waals surface area contributed by atoms with Gasteiger partial charge in [-0.1, -0.05) is 6.92 Å². The van der Waals surface area contributed by atoms with Crippen LogP contribution in [0, 0.1) is 19.8 Å². The third-order valence-electron chi connectivity index (χ3n) is 8.86. The molecule has 222 valence electrons. The number of hydrogen-bond acceptors (Lipinski definition) is 6. The van der Waals surface area contributed by atoms with E-state index in [-0.39, 0.29) is 29.8 Å². The number of piperidine rings is 1. The number of rotatable bonds is 15. The fourth-order valence-corrected chi connectivity index (χ4v) is 7.50. The van der Waals surface area contributed by atoms with Crippen molar-refractivity contribution in [3.63, 3.8) is 0 Å². The van der Waals surface area contributed by atoms with Crippen molar-refractivity contribution in [3.05, 3.63) is 23.3 Å². The highest BCUT2D eigenvalue weighted by Gasteiger charge is 2.27. The first kappa shape index (κ1) is 31.8. The van der Waals surface area contributed by atoms with Crippen LogP contribution in [0.15, 0.2) is 17.0 Å². The van der Waals surface area contributed by atoms with Gasteiger partial charge in [0, 0.05) is 32.1 Å². The Kier molecular flexibility index (Phi) is 12.1. The van der Waals surface area contributed by atoms with Gasteiger partial charge < -0.3 is 19.9 Å². The van der Waals surface area contributed by atoms with Crippen LogP contribution >= 0.6 is 0 Å². The molecule has 8 nitrogen and oxygen atoms in total. The second kappa shape index (κ2) is 14.8. The molecule has 2 heterocycles. The zero-order valence-corrected chi connectivity index (χ0v) is 26.0. The van der Waals surface area contributed by atoms with E-state index in [1.165, 1.54) is 62.7 Å². The van der Waals surface area contributed by atoms with E-state index in [1.54, 1.807) is 40.1 Å². The Hall–Kier alpha value is -1.68. The molecule has 3 rings (SSSR count). The standard InChI is InChI=1S/C30H52N4O4S/c1-7-27(10-9-25(4)34-19-12-26(13-20-34)11-18-33-15-8-16-33)31-29(35)14-17-32(5)39(36,37)30-23(2)21-28(38-6)22-24(30)3/h21-22,25-27H,7-20H2,1-6H3,(H,31,35)/t25-,27-/m1/s1. The number of aryl methyl sites for hydroxylation is 2. The number of carbonyl (C=O) groups is 1. The lowest BCUT2D eigenvalue weighted by Crippen LogP contribution is -2.43. The Morgan fingerprint density at radius 2 is 1.77 bits per heavy atom. The molecule has 2 aliphatic rings. The minimum Gasteiger partial charge on any atom is -0.497 e. The first-order chi connectivity index (χ1) is 18.5. The van der Waals surface area contributed by atoms with E-state index in [4.69, 9.17) is 4.74 Å². The smallest absolute Gasteiger partial charge is 0.243 e. The molecule has 1 amide bonds. The normalized spacial score (nSPS) is 19.1. The summed E-state index contributed by atoms with van der Waals surface area (Å²) >= 11 is 0. The zero-order chi connectivity index (χ0) is 28.6. The summed E-state index contributed by atoms with van der Waals surface area (Å²) < 4.78 is 33.0. The van der Waals surface area contributed by atoms with Gasteiger partial charge in [0.15, 0.2) is 0 Å². The highest BCUT2D eigenvalue weighted by molar-refractivity contribution is 7.89. The maximum Gasteiger partial charge on any atom is 0.243 e. The van der Waals surface area contributed by atoms with Gasteiger partial charge in [0.1, 0.15) is 5.75 Å². The van der Waals surface area contributed by atoms with E-state index in [1.807, 2.05) is 0 Å². The second-order valence-corrected chi connectivity index (χ2v) is 13.7. The van der Waals surface area contributed by atoms with Gasteiger partial charge in [0.25, 0.3) is 0 Å². The lowest BCUT2D eigenvalue weighted by molar-refractivity contribution is -0.122. The molecule has 1 aromatic rings. The van der Waals surface area contributed by atoms with E-state index in [0.29, 0.717) is 22.9 Å². The zero-order valence-electron chi connectivity index (χ0n) is 25.2. The summed E-state index contributed by atoms with van der Waals surface area (Å²) in [6.07, 6.45) is 8.34. The summed E-state index contributed by atoms with van der Waals surface area (Å²) in [5.74, 6) is 1.41. The van der Waals surface area contributed by atoms with Gasteiger partial charge in [-0.15, -0.1) is 0 Å². The molecule has 0 unspecified atom stereocenters. The van der Waals surface area contributed by atoms with Gasteiger partial charge >= 0.3 is 0 Å². The van der Waals surface area contributed by atoms with Crippen LogP contribution in [0.3, 0.4) is 0 Å². The molecule has 0 aromatic heterocycles. The minimum atomic E-state index is -3.71. The number of benzene rings is 1. The number of ether oxygens (including phenoxy) is 1. The predicted octanol–water partition coefficient (Wildman–Crippen LogP) is 4.19. The highest BCUT2D eigenvalue weighted by Crippen LogP contribution is 2.28. The van der Waals surface area contributed by atoms with Crippen LogP contribution in [0.4, 0.5) is 0 Å². The topological polar surface area (TPSA) is 82.2 Å². The van der Waals surface area contributed by atoms with Crippen molar-refractivity contribution in [2.24, 2.45) is 5.92 Å². The molecule has 0 aliphatic carbocycles. The number of hydrogen-bond donors (Lipinski definition) is 1. The molecular weight excluding hydrogens is 512 g/mol. The van der Waals surface area contributed by atoms with Crippen LogP contribution < -0.4 is 10.1 Å². The van der Waals surface area contributed by atoms with Gasteiger partial charge in [-0.05, 0) is 128 Å². The largest absolute Gasteiger partial charge is 0.497 e. The number of carbonyl (C=O) groups excluding carboxylic acids is 1. The van der Waals surface area contributed by atoms with Crippen LogP contribution in [0.1, 0.15) is 76.3 Å². The summed E-state index contributed by atoms with van der Waals surface area (Å²) in [6.45, 7) is 14.3. The average Bonchev–Trinajstić information content (AvgIpc) is 2.88. The van der Waals surface area contributed by atoms with Crippen molar-refractivity contribution >= 4 is 15.9 Å². The Labute approximate surface area is 237 Å². The molecule has 0 spiro atoms. The molecule has 9 heteroatoms. The molecule has 0 radical (unpaired) electrons. The number of nitrogens with zero attached hydrogens (tertiary/aromatic N) is 3. The fraction of sp³-hybridized carbons (Fsp3) is 0.767. The summed E-state index contributed by atoms with van der Waals surface area (Å²) in [4.78, 5) is 18.2. The highest BCUT2D eigenvalue weighted by atomic mass is 32.2. The number of likely N-dealkylation sites (tertiary alicyclic amines) is 2. The first-order valence-electron chi connectivity index (χ1n) is 14.9. The Bertz CT molecular complexity index is 1010. The van der Waals surface area contributed by atoms with E-state index < -0.39 is 10.0 Å². The van der Waals surface area contributed by atoms with E-state index in [9.17, 15) is 13.2 Å². The third-order valence-corrected chi connectivity index (χ3v) is 11.0. The molecule has 1 N–H and O–H groups in total.